The molecule has 2 aliphatic heterocycles. The molecule has 0 unspecified atom stereocenters. The normalized spacial score (nSPS) is 17.2. The number of nitrogens with one attached hydrogen (secondary N) is 1. The Bertz CT molecular complexity index is 1670. The molecule has 4 aromatic rings. The monoisotopic (exact) mass is 616 g/mol. The lowest BCUT2D eigenvalue weighted by Gasteiger charge is -2.42. The quantitative estimate of drug-likeness (QED) is 0.305. The van der Waals surface area contributed by atoms with Crippen LogP contribution < -0.4 is 15.0 Å². The molecule has 1 aromatic carbocycles. The van der Waals surface area contributed by atoms with Gasteiger partial charge in [-0.25, -0.2) is 9.37 Å². The number of carbonyl (C=O) groups excluding carboxylic acids is 1. The average Bonchev–Trinajstić information content (AvgIpc) is 3.35. The van der Waals surface area contributed by atoms with E-state index in [0.29, 0.717) is 22.9 Å². The predicted octanol–water partition coefficient (Wildman–Crippen LogP) is 3.88. The summed E-state index contributed by atoms with van der Waals surface area (Å²) >= 11 is 0. The first-order valence-electron chi connectivity index (χ1n) is 15.5. The second-order valence-corrected chi connectivity index (χ2v) is 12.6. The minimum atomic E-state index is -1.09. The first-order chi connectivity index (χ1) is 21.6. The first kappa shape index (κ1) is 30.9. The molecule has 6 rings (SSSR count). The van der Waals surface area contributed by atoms with Crippen LogP contribution in [0, 0.1) is 5.82 Å². The molecule has 0 saturated carbocycles. The van der Waals surface area contributed by atoms with Gasteiger partial charge in [-0.2, -0.15) is 0 Å². The lowest BCUT2D eigenvalue weighted by Crippen LogP contribution is -2.52. The number of methoxy groups -OCH3 is 1. The number of carbonyl (C=O) groups is 1. The van der Waals surface area contributed by atoms with Gasteiger partial charge in [0.1, 0.15) is 11.4 Å². The highest BCUT2D eigenvalue weighted by atomic mass is 19.1. The fourth-order valence-corrected chi connectivity index (χ4v) is 6.35. The Balaban J connectivity index is 1.25. The van der Waals surface area contributed by atoms with Gasteiger partial charge in [0, 0.05) is 69.6 Å². The number of anilines is 2. The molecule has 238 valence electrons. The number of ether oxygens (including phenoxy) is 1. The number of likely N-dealkylation sites (N-methyl/N-ethyl adjacent to an activating group) is 1. The van der Waals surface area contributed by atoms with Crippen LogP contribution in [0.4, 0.5) is 16.0 Å². The molecule has 1 amide bonds. The molecule has 45 heavy (non-hydrogen) atoms. The number of aromatic nitrogens is 4. The third kappa shape index (κ3) is 6.63. The molecule has 0 bridgehead atoms. The molecular weight excluding hydrogens is 575 g/mol. The highest BCUT2D eigenvalue weighted by molar-refractivity contribution is 6.05. The summed E-state index contributed by atoms with van der Waals surface area (Å²) in [5.74, 6) is -0.869. The van der Waals surface area contributed by atoms with Crippen molar-refractivity contribution in [3.05, 3.63) is 60.3 Å². The van der Waals surface area contributed by atoms with Crippen molar-refractivity contribution >= 4 is 28.6 Å². The number of pyridine rings is 2. The third-order valence-electron chi connectivity index (χ3n) is 8.78. The van der Waals surface area contributed by atoms with Crippen molar-refractivity contribution in [2.75, 3.05) is 63.6 Å². The lowest BCUT2D eigenvalue weighted by molar-refractivity contribution is 0.0630. The zero-order chi connectivity index (χ0) is 31.7. The second kappa shape index (κ2) is 12.7. The molecule has 3 aromatic heterocycles. The minimum Gasteiger partial charge on any atom is -0.496 e. The molecule has 12 heteroatoms. The number of halogens is 1. The second-order valence-electron chi connectivity index (χ2n) is 12.6. The van der Waals surface area contributed by atoms with E-state index in [1.807, 2.05) is 12.1 Å². The maximum atomic E-state index is 15.7. The Morgan fingerprint density at radius 2 is 1.84 bits per heavy atom. The number of benzene rings is 1. The molecule has 0 aliphatic carbocycles. The maximum absolute atomic E-state index is 15.7. The van der Waals surface area contributed by atoms with Crippen LogP contribution in [0.3, 0.4) is 0 Å². The van der Waals surface area contributed by atoms with Crippen LogP contribution >= 0.6 is 0 Å². The number of amides is 1. The van der Waals surface area contributed by atoms with Gasteiger partial charge < -0.3 is 24.2 Å². The molecular formula is C33H41FN8O3. The summed E-state index contributed by atoms with van der Waals surface area (Å²) in [5.41, 5.74) is 1.52. The van der Waals surface area contributed by atoms with Gasteiger partial charge in [0.25, 0.3) is 5.91 Å². The number of piperidine rings is 1. The Hall–Kier alpha value is -4.13. The SMILES string of the molecule is COc1ccncc1-c1nccc(C(=O)Nc2nc3cc(N4CCC(N5CCN(C)CC5)CC4)ccc3n2CC(C)(C)O)c1F. The summed E-state index contributed by atoms with van der Waals surface area (Å²) in [6, 6.07) is 9.62. The first-order valence-corrected chi connectivity index (χ1v) is 15.5. The molecule has 2 saturated heterocycles. The van der Waals surface area contributed by atoms with Crippen LogP contribution in [-0.4, -0.2) is 105 Å². The number of hydrogen-bond donors (Lipinski definition) is 2. The number of rotatable bonds is 8. The van der Waals surface area contributed by atoms with Gasteiger partial charge in [-0.3, -0.25) is 25.0 Å². The largest absolute Gasteiger partial charge is 0.496 e. The molecule has 2 fully saturated rings. The molecule has 2 N–H and O–H groups in total. The number of imidazole rings is 1. The maximum Gasteiger partial charge on any atom is 0.261 e. The summed E-state index contributed by atoms with van der Waals surface area (Å²) < 4.78 is 22.9. The molecule has 11 nitrogen and oxygen atoms in total. The molecule has 2 aliphatic rings. The zero-order valence-corrected chi connectivity index (χ0v) is 26.3. The number of fused-ring (bicyclic) bond motifs is 1. The van der Waals surface area contributed by atoms with Crippen LogP contribution in [0.2, 0.25) is 0 Å². The number of piperazine rings is 1. The van der Waals surface area contributed by atoms with E-state index in [1.54, 1.807) is 24.5 Å². The fourth-order valence-electron chi connectivity index (χ4n) is 6.35. The molecule has 0 radical (unpaired) electrons. The van der Waals surface area contributed by atoms with Gasteiger partial charge in [-0.15, -0.1) is 0 Å². The lowest BCUT2D eigenvalue weighted by atomic mass is 10.0. The Kier molecular flexibility index (Phi) is 8.71. The summed E-state index contributed by atoms with van der Waals surface area (Å²) in [4.78, 5) is 33.9. The fraction of sp³-hybridized carbons (Fsp3) is 0.455. The Morgan fingerprint density at radius 1 is 1.09 bits per heavy atom. The van der Waals surface area contributed by atoms with E-state index in [9.17, 15) is 9.90 Å². The predicted molar refractivity (Wildman–Crippen MR) is 172 cm³/mol. The molecule has 5 heterocycles. The van der Waals surface area contributed by atoms with Gasteiger partial charge in [-0.05, 0) is 64.1 Å². The topological polar surface area (TPSA) is 112 Å². The van der Waals surface area contributed by atoms with Crippen LogP contribution in [-0.2, 0) is 6.54 Å². The van der Waals surface area contributed by atoms with E-state index >= 15 is 4.39 Å². The van der Waals surface area contributed by atoms with Crippen molar-refractivity contribution in [3.63, 3.8) is 0 Å². The summed E-state index contributed by atoms with van der Waals surface area (Å²) in [7, 11) is 3.66. The third-order valence-corrected chi connectivity index (χ3v) is 8.78. The van der Waals surface area contributed by atoms with Crippen LogP contribution in [0.15, 0.2) is 48.9 Å². The van der Waals surface area contributed by atoms with Gasteiger partial charge in [0.15, 0.2) is 5.82 Å². The van der Waals surface area contributed by atoms with Crippen LogP contribution in [0.1, 0.15) is 37.0 Å². The average molecular weight is 617 g/mol. The van der Waals surface area contributed by atoms with E-state index in [2.05, 4.69) is 43.1 Å². The van der Waals surface area contributed by atoms with Crippen molar-refractivity contribution < 1.29 is 19.0 Å². The number of aliphatic hydroxyl groups is 1. The zero-order valence-electron chi connectivity index (χ0n) is 26.3. The standard InChI is InChI=1S/C33H41FN8O3/c1-33(2,44)21-42-27-6-5-23(40-13-9-22(10-14-40)41-17-15-39(3)16-18-41)19-26(27)37-32(42)38-31(43)24-7-12-36-30(29(24)34)25-20-35-11-8-28(25)45-4/h5-8,11-12,19-20,22,44H,9-10,13-18,21H2,1-4H3,(H,37,38,43). The van der Waals surface area contributed by atoms with Crippen LogP contribution in [0.25, 0.3) is 22.3 Å². The van der Waals surface area contributed by atoms with Gasteiger partial charge in [0.2, 0.25) is 5.95 Å². The Labute approximate surface area is 262 Å². The van der Waals surface area contributed by atoms with Gasteiger partial charge >= 0.3 is 0 Å². The summed E-state index contributed by atoms with van der Waals surface area (Å²) in [5, 5.41) is 13.5. The smallest absolute Gasteiger partial charge is 0.261 e. The summed E-state index contributed by atoms with van der Waals surface area (Å²) in [6.07, 6.45) is 6.58. The molecule has 0 atom stereocenters. The van der Waals surface area contributed by atoms with Gasteiger partial charge in [0.05, 0.1) is 41.4 Å². The van der Waals surface area contributed by atoms with E-state index in [4.69, 9.17) is 9.72 Å². The summed E-state index contributed by atoms with van der Waals surface area (Å²) in [6.45, 7) is 9.98. The number of hydrogen-bond acceptors (Lipinski definition) is 9. The van der Waals surface area contributed by atoms with E-state index in [1.165, 1.54) is 31.8 Å². The van der Waals surface area contributed by atoms with Crippen molar-refractivity contribution in [1.82, 2.24) is 29.3 Å². The van der Waals surface area contributed by atoms with E-state index < -0.39 is 17.3 Å². The number of nitrogens with zero attached hydrogens (tertiary/aromatic N) is 7. The highest BCUT2D eigenvalue weighted by Gasteiger charge is 2.28. The van der Waals surface area contributed by atoms with Crippen molar-refractivity contribution in [2.24, 2.45) is 0 Å². The van der Waals surface area contributed by atoms with Gasteiger partial charge in [-0.1, -0.05) is 0 Å². The minimum absolute atomic E-state index is 0.0429. The van der Waals surface area contributed by atoms with E-state index in [0.717, 1.165) is 63.3 Å². The Morgan fingerprint density at radius 3 is 2.56 bits per heavy atom. The molecule has 0 spiro atoms. The van der Waals surface area contributed by atoms with Crippen molar-refractivity contribution in [3.8, 4) is 17.0 Å². The van der Waals surface area contributed by atoms with Crippen molar-refractivity contribution in [2.45, 2.75) is 44.9 Å². The van der Waals surface area contributed by atoms with E-state index in [-0.39, 0.29) is 23.8 Å². The van der Waals surface area contributed by atoms with Crippen molar-refractivity contribution in [1.29, 1.82) is 0 Å². The highest BCUT2D eigenvalue weighted by Crippen LogP contribution is 2.32. The van der Waals surface area contributed by atoms with Crippen LogP contribution in [0.5, 0.6) is 5.75 Å².